The molecule has 0 bridgehead atoms. The summed E-state index contributed by atoms with van der Waals surface area (Å²) >= 11 is 0. The maximum absolute atomic E-state index is 12.8. The van der Waals surface area contributed by atoms with Crippen molar-refractivity contribution in [2.24, 2.45) is 0 Å². The lowest BCUT2D eigenvalue weighted by atomic mass is 10.3. The molecule has 0 atom stereocenters. The van der Waals surface area contributed by atoms with Crippen molar-refractivity contribution in [1.82, 2.24) is 0 Å². The predicted octanol–water partition coefficient (Wildman–Crippen LogP) is 1.18. The van der Waals surface area contributed by atoms with E-state index in [-0.39, 0.29) is 0 Å². The standard InChI is InChI=1S/C6H6F4O5S/c1-3(15-4(2)11)5(7,8)6(9,10)16(12,13)14/h1H2,2H3,(H,12,13,14). The van der Waals surface area contributed by atoms with Gasteiger partial charge in [0.05, 0.1) is 0 Å². The Morgan fingerprint density at radius 1 is 1.31 bits per heavy atom. The molecule has 0 unspecified atom stereocenters. The number of halogens is 4. The average molecular weight is 266 g/mol. The third-order valence-electron chi connectivity index (χ3n) is 1.31. The Labute approximate surface area is 87.4 Å². The Bertz CT molecular complexity index is 413. The van der Waals surface area contributed by atoms with Crippen molar-refractivity contribution in [2.75, 3.05) is 0 Å². The quantitative estimate of drug-likeness (QED) is 0.357. The molecule has 0 aromatic heterocycles. The van der Waals surface area contributed by atoms with Gasteiger partial charge in [0, 0.05) is 6.92 Å². The minimum absolute atomic E-state index is 0.618. The molecule has 0 spiro atoms. The van der Waals surface area contributed by atoms with E-state index >= 15 is 0 Å². The van der Waals surface area contributed by atoms with E-state index in [0.29, 0.717) is 6.92 Å². The van der Waals surface area contributed by atoms with Crippen molar-refractivity contribution in [2.45, 2.75) is 18.1 Å². The number of carbonyl (C=O) groups excluding carboxylic acids is 1. The van der Waals surface area contributed by atoms with Crippen LogP contribution in [-0.2, 0) is 19.6 Å². The highest BCUT2D eigenvalue weighted by Crippen LogP contribution is 2.42. The van der Waals surface area contributed by atoms with Gasteiger partial charge >= 0.3 is 27.3 Å². The van der Waals surface area contributed by atoms with Crippen LogP contribution >= 0.6 is 0 Å². The van der Waals surface area contributed by atoms with Crippen LogP contribution in [0.5, 0.6) is 0 Å². The normalized spacial score (nSPS) is 13.4. The molecule has 94 valence electrons. The van der Waals surface area contributed by atoms with Gasteiger partial charge in [-0.25, -0.2) is 0 Å². The SMILES string of the molecule is C=C(OC(C)=O)C(F)(F)C(F)(F)S(=O)(=O)O. The summed E-state index contributed by atoms with van der Waals surface area (Å²) in [6, 6.07) is 0. The number of allylic oxidation sites excluding steroid dienone is 1. The maximum atomic E-state index is 12.8. The molecule has 0 aliphatic heterocycles. The molecule has 1 N–H and O–H groups in total. The average Bonchev–Trinajstić information content (AvgIpc) is 2.00. The van der Waals surface area contributed by atoms with Crippen LogP contribution in [-0.4, -0.2) is 30.1 Å². The Kier molecular flexibility index (Phi) is 3.72. The zero-order chi connectivity index (χ0) is 13.4. The predicted molar refractivity (Wildman–Crippen MR) is 42.3 cm³/mol. The van der Waals surface area contributed by atoms with Crippen molar-refractivity contribution >= 4 is 16.1 Å². The summed E-state index contributed by atoms with van der Waals surface area (Å²) in [5, 5.41) is -5.84. The van der Waals surface area contributed by atoms with E-state index in [2.05, 4.69) is 11.3 Å². The molecule has 0 aliphatic carbocycles. The Morgan fingerprint density at radius 2 is 1.69 bits per heavy atom. The molecule has 0 saturated heterocycles. The molecule has 0 fully saturated rings. The van der Waals surface area contributed by atoms with Crippen molar-refractivity contribution in [3.8, 4) is 0 Å². The monoisotopic (exact) mass is 266 g/mol. The molecule has 0 saturated carbocycles. The minimum Gasteiger partial charge on any atom is -0.425 e. The first kappa shape index (κ1) is 14.8. The fraction of sp³-hybridized carbons (Fsp3) is 0.500. The number of ether oxygens (including phenoxy) is 1. The molecule has 0 heterocycles. The third-order valence-corrected chi connectivity index (χ3v) is 2.21. The van der Waals surface area contributed by atoms with Crippen LogP contribution in [0.3, 0.4) is 0 Å². The highest BCUT2D eigenvalue weighted by atomic mass is 32.2. The van der Waals surface area contributed by atoms with Crippen LogP contribution in [0.25, 0.3) is 0 Å². The van der Waals surface area contributed by atoms with E-state index < -0.39 is 33.0 Å². The summed E-state index contributed by atoms with van der Waals surface area (Å²) in [5.41, 5.74) is 0. The van der Waals surface area contributed by atoms with Gasteiger partial charge in [-0.05, 0) is 0 Å². The van der Waals surface area contributed by atoms with Gasteiger partial charge in [-0.15, -0.1) is 0 Å². The molecule has 0 aromatic carbocycles. The van der Waals surface area contributed by atoms with Crippen molar-refractivity contribution < 1.29 is 40.1 Å². The third kappa shape index (κ3) is 2.50. The van der Waals surface area contributed by atoms with Gasteiger partial charge < -0.3 is 4.74 Å². The van der Waals surface area contributed by atoms with Gasteiger partial charge in [0.2, 0.25) is 0 Å². The topological polar surface area (TPSA) is 80.7 Å². The lowest BCUT2D eigenvalue weighted by molar-refractivity contribution is -0.169. The summed E-state index contributed by atoms with van der Waals surface area (Å²) in [4.78, 5) is 10.2. The van der Waals surface area contributed by atoms with E-state index in [1.807, 2.05) is 0 Å². The fourth-order valence-electron chi connectivity index (χ4n) is 0.562. The fourth-order valence-corrected chi connectivity index (χ4v) is 1.000. The molecule has 5 nitrogen and oxygen atoms in total. The summed E-state index contributed by atoms with van der Waals surface area (Å²) in [6.45, 7) is 2.92. The molecular weight excluding hydrogens is 260 g/mol. The van der Waals surface area contributed by atoms with E-state index in [4.69, 9.17) is 4.55 Å². The zero-order valence-corrected chi connectivity index (χ0v) is 8.52. The lowest BCUT2D eigenvalue weighted by Crippen LogP contribution is -2.48. The number of hydrogen-bond donors (Lipinski definition) is 1. The molecule has 10 heteroatoms. The highest BCUT2D eigenvalue weighted by molar-refractivity contribution is 7.87. The van der Waals surface area contributed by atoms with Crippen molar-refractivity contribution in [1.29, 1.82) is 0 Å². The molecule has 0 aromatic rings. The second-order valence-corrected chi connectivity index (χ2v) is 4.05. The molecule has 0 aliphatic rings. The number of hydrogen-bond acceptors (Lipinski definition) is 4. The second kappa shape index (κ2) is 4.01. The van der Waals surface area contributed by atoms with Crippen LogP contribution in [0.1, 0.15) is 6.92 Å². The van der Waals surface area contributed by atoms with E-state index in [0.717, 1.165) is 0 Å². The van der Waals surface area contributed by atoms with E-state index in [1.165, 1.54) is 0 Å². The molecule has 0 amide bonds. The number of rotatable bonds is 4. The Morgan fingerprint density at radius 3 is 1.94 bits per heavy atom. The molecular formula is C6H6F4O5S. The second-order valence-electron chi connectivity index (χ2n) is 2.58. The summed E-state index contributed by atoms with van der Waals surface area (Å²) < 4.78 is 82.3. The Balaban J connectivity index is 5.36. The number of alkyl halides is 4. The van der Waals surface area contributed by atoms with Crippen LogP contribution in [0.4, 0.5) is 17.6 Å². The summed E-state index contributed by atoms with van der Waals surface area (Å²) in [5.74, 6) is -8.91. The van der Waals surface area contributed by atoms with Gasteiger partial charge in [0.15, 0.2) is 5.76 Å². The zero-order valence-electron chi connectivity index (χ0n) is 7.71. The van der Waals surface area contributed by atoms with Gasteiger partial charge in [-0.1, -0.05) is 6.58 Å². The van der Waals surface area contributed by atoms with Crippen molar-refractivity contribution in [3.63, 3.8) is 0 Å². The van der Waals surface area contributed by atoms with Crippen LogP contribution in [0.2, 0.25) is 0 Å². The van der Waals surface area contributed by atoms with Crippen molar-refractivity contribution in [3.05, 3.63) is 12.3 Å². The van der Waals surface area contributed by atoms with Gasteiger partial charge in [-0.2, -0.15) is 26.0 Å². The first-order valence-electron chi connectivity index (χ1n) is 3.44. The van der Waals surface area contributed by atoms with Gasteiger partial charge in [0.1, 0.15) is 0 Å². The minimum atomic E-state index is -6.38. The van der Waals surface area contributed by atoms with Gasteiger partial charge in [-0.3, -0.25) is 9.35 Å². The number of esters is 1. The largest absolute Gasteiger partial charge is 0.439 e. The van der Waals surface area contributed by atoms with E-state index in [1.54, 1.807) is 0 Å². The van der Waals surface area contributed by atoms with Crippen LogP contribution in [0, 0.1) is 0 Å². The maximum Gasteiger partial charge on any atom is 0.439 e. The van der Waals surface area contributed by atoms with Crippen LogP contribution < -0.4 is 0 Å². The first-order valence-corrected chi connectivity index (χ1v) is 4.88. The first-order chi connectivity index (χ1) is 6.84. The summed E-state index contributed by atoms with van der Waals surface area (Å²) in [7, 11) is -6.38. The van der Waals surface area contributed by atoms with Gasteiger partial charge in [0.25, 0.3) is 0 Å². The highest BCUT2D eigenvalue weighted by Gasteiger charge is 2.68. The van der Waals surface area contributed by atoms with E-state index in [9.17, 15) is 30.8 Å². The molecule has 0 radical (unpaired) electrons. The lowest BCUT2D eigenvalue weighted by Gasteiger charge is -2.24. The molecule has 0 rings (SSSR count). The summed E-state index contributed by atoms with van der Waals surface area (Å²) in [6.07, 6.45) is 0. The smallest absolute Gasteiger partial charge is 0.425 e. The number of carbonyl (C=O) groups is 1. The van der Waals surface area contributed by atoms with Crippen LogP contribution in [0.15, 0.2) is 12.3 Å². The Hall–Kier alpha value is -1.16. The molecule has 16 heavy (non-hydrogen) atoms.